The lowest BCUT2D eigenvalue weighted by Gasteiger charge is -2.32. The number of anilines is 2. The van der Waals surface area contributed by atoms with Gasteiger partial charge in [-0.25, -0.2) is 0 Å². The predicted octanol–water partition coefficient (Wildman–Crippen LogP) is 7.95. The van der Waals surface area contributed by atoms with Crippen molar-refractivity contribution in [1.82, 2.24) is 4.90 Å². The van der Waals surface area contributed by atoms with Crippen LogP contribution in [0, 0.1) is 16.0 Å². The number of hydrogen-bond donors (Lipinski definition) is 2. The molecule has 1 aliphatic rings. The topological polar surface area (TPSA) is 109 Å². The van der Waals surface area contributed by atoms with Crippen molar-refractivity contribution in [2.75, 3.05) is 30.4 Å². The number of non-ortho nitro benzene ring substituents is 1. The molecule has 9 nitrogen and oxygen atoms in total. The maximum atomic E-state index is 12.5. The van der Waals surface area contributed by atoms with Gasteiger partial charge in [-0.2, -0.15) is 5.10 Å². The highest BCUT2D eigenvalue weighted by molar-refractivity contribution is 6.01. The van der Waals surface area contributed by atoms with E-state index in [2.05, 4.69) is 37.6 Å². The van der Waals surface area contributed by atoms with Crippen LogP contribution < -0.4 is 15.5 Å². The molecule has 0 bridgehead atoms. The highest BCUT2D eigenvalue weighted by atomic mass is 19.4. The van der Waals surface area contributed by atoms with Gasteiger partial charge in [0.05, 0.1) is 16.3 Å². The summed E-state index contributed by atoms with van der Waals surface area (Å²) >= 11 is 0. The molecular weight excluding hydrogens is 587 g/mol. The molecular formula is C33H38F3N5O4. The number of amides is 1. The Bertz CT molecular complexity index is 1450. The van der Waals surface area contributed by atoms with Gasteiger partial charge in [-0.1, -0.05) is 26.0 Å². The molecule has 12 heteroatoms. The van der Waals surface area contributed by atoms with Crippen molar-refractivity contribution in [1.29, 1.82) is 0 Å². The lowest BCUT2D eigenvalue weighted by atomic mass is 9.89. The predicted molar refractivity (Wildman–Crippen MR) is 169 cm³/mol. The van der Waals surface area contributed by atoms with E-state index in [1.165, 1.54) is 42.0 Å². The summed E-state index contributed by atoms with van der Waals surface area (Å²) in [6, 6.07) is 19.5. The van der Waals surface area contributed by atoms with Crippen molar-refractivity contribution in [2.45, 2.75) is 58.2 Å². The Morgan fingerprint density at radius 3 is 2.33 bits per heavy atom. The number of halogens is 3. The highest BCUT2D eigenvalue weighted by Crippen LogP contribution is 2.30. The summed E-state index contributed by atoms with van der Waals surface area (Å²) in [5.41, 5.74) is 6.81. The quantitative estimate of drug-likeness (QED) is 0.0864. The van der Waals surface area contributed by atoms with Crippen molar-refractivity contribution in [2.24, 2.45) is 11.0 Å². The van der Waals surface area contributed by atoms with Crippen LogP contribution in [0.1, 0.15) is 63.0 Å². The molecule has 1 heterocycles. The van der Waals surface area contributed by atoms with E-state index >= 15 is 0 Å². The molecule has 45 heavy (non-hydrogen) atoms. The number of likely N-dealkylation sites (tertiary alicyclic amines) is 1. The van der Waals surface area contributed by atoms with Crippen LogP contribution in [0.25, 0.3) is 0 Å². The Labute approximate surface area is 260 Å². The number of hydrazone groups is 1. The normalized spacial score (nSPS) is 14.8. The molecule has 0 aromatic heterocycles. The fraction of sp³-hybridized carbons (Fsp3) is 0.394. The second kappa shape index (κ2) is 15.5. The number of ether oxygens (including phenoxy) is 1. The molecule has 3 aromatic rings. The average molecular weight is 626 g/mol. The summed E-state index contributed by atoms with van der Waals surface area (Å²) in [6.07, 6.45) is -0.345. The number of nitrogens with one attached hydrogen (secondary N) is 2. The van der Waals surface area contributed by atoms with Crippen LogP contribution in [0.5, 0.6) is 5.75 Å². The van der Waals surface area contributed by atoms with E-state index in [0.29, 0.717) is 23.7 Å². The molecule has 2 N–H and O–H groups in total. The first-order valence-electron chi connectivity index (χ1n) is 15.0. The lowest BCUT2D eigenvalue weighted by Crippen LogP contribution is -2.33. The molecule has 240 valence electrons. The van der Waals surface area contributed by atoms with Crippen LogP contribution in [0.4, 0.5) is 30.2 Å². The number of rotatable bonds is 13. The number of nitro groups is 1. The molecule has 0 aliphatic carbocycles. The van der Waals surface area contributed by atoms with Gasteiger partial charge in [0.15, 0.2) is 0 Å². The van der Waals surface area contributed by atoms with E-state index in [4.69, 9.17) is 0 Å². The largest absolute Gasteiger partial charge is 0.573 e. The first-order chi connectivity index (χ1) is 21.5. The molecule has 1 amide bonds. The Morgan fingerprint density at radius 1 is 1.02 bits per heavy atom. The first kappa shape index (κ1) is 33.4. The number of nitro benzene ring substituents is 1. The molecule has 0 spiro atoms. The van der Waals surface area contributed by atoms with E-state index < -0.39 is 11.3 Å². The molecule has 1 fully saturated rings. The Balaban J connectivity index is 1.30. The lowest BCUT2D eigenvalue weighted by molar-refractivity contribution is -0.384. The maximum Gasteiger partial charge on any atom is 0.573 e. The van der Waals surface area contributed by atoms with Gasteiger partial charge in [-0.15, -0.1) is 13.2 Å². The summed E-state index contributed by atoms with van der Waals surface area (Å²) in [7, 11) is 0. The Kier molecular flexibility index (Phi) is 11.5. The van der Waals surface area contributed by atoms with Crippen LogP contribution in [-0.4, -0.2) is 47.4 Å². The highest BCUT2D eigenvalue weighted by Gasteiger charge is 2.31. The Morgan fingerprint density at radius 2 is 1.71 bits per heavy atom. The molecule has 0 unspecified atom stereocenters. The third kappa shape index (κ3) is 10.6. The third-order valence-corrected chi connectivity index (χ3v) is 7.69. The van der Waals surface area contributed by atoms with Crippen molar-refractivity contribution in [3.8, 4) is 5.75 Å². The average Bonchev–Trinajstić information content (AvgIpc) is 3.01. The van der Waals surface area contributed by atoms with Gasteiger partial charge in [0.1, 0.15) is 5.75 Å². The molecule has 1 saturated heterocycles. The summed E-state index contributed by atoms with van der Waals surface area (Å²) in [6.45, 7) is 6.63. The summed E-state index contributed by atoms with van der Waals surface area (Å²) < 4.78 is 41.3. The van der Waals surface area contributed by atoms with Gasteiger partial charge in [-0.05, 0) is 117 Å². The van der Waals surface area contributed by atoms with Crippen LogP contribution in [0.3, 0.4) is 0 Å². The van der Waals surface area contributed by atoms with Gasteiger partial charge < -0.3 is 15.0 Å². The number of nitrogens with zero attached hydrogens (tertiary/aromatic N) is 3. The van der Waals surface area contributed by atoms with E-state index in [-0.39, 0.29) is 23.3 Å². The van der Waals surface area contributed by atoms with Crippen molar-refractivity contribution in [3.05, 3.63) is 94.0 Å². The second-order valence-corrected chi connectivity index (χ2v) is 11.4. The fourth-order valence-corrected chi connectivity index (χ4v) is 5.18. The number of unbranched alkanes of at least 4 members (excludes halogenated alkanes) is 1. The van der Waals surface area contributed by atoms with E-state index in [9.17, 15) is 28.1 Å². The van der Waals surface area contributed by atoms with Gasteiger partial charge in [0.2, 0.25) is 5.91 Å². The fourth-order valence-electron chi connectivity index (χ4n) is 5.18. The SMILES string of the molecule is CC(C)C(=O)Nc1cccc(C2CCN(CCCC/C(=N/Nc3ccc(OC(F)(F)F)cc3)c3ccc([N+](=O)[O-])cc3)CC2)c1. The minimum absolute atomic E-state index is 0.00754. The number of carbonyl (C=O) groups is 1. The molecule has 0 atom stereocenters. The van der Waals surface area contributed by atoms with Crippen LogP contribution in [0.15, 0.2) is 77.9 Å². The number of carbonyl (C=O) groups excluding carboxylic acids is 1. The maximum absolute atomic E-state index is 12.5. The van der Waals surface area contributed by atoms with Gasteiger partial charge in [0, 0.05) is 23.7 Å². The molecule has 4 rings (SSSR count). The third-order valence-electron chi connectivity index (χ3n) is 7.69. The van der Waals surface area contributed by atoms with Crippen LogP contribution >= 0.6 is 0 Å². The molecule has 3 aromatic carbocycles. The molecule has 1 aliphatic heterocycles. The van der Waals surface area contributed by atoms with Crippen molar-refractivity contribution >= 4 is 28.7 Å². The Hall–Kier alpha value is -4.45. The second-order valence-electron chi connectivity index (χ2n) is 11.4. The minimum Gasteiger partial charge on any atom is -0.406 e. The summed E-state index contributed by atoms with van der Waals surface area (Å²) in [5.74, 6) is 0.0406. The number of benzene rings is 3. The summed E-state index contributed by atoms with van der Waals surface area (Å²) in [4.78, 5) is 25.2. The van der Waals surface area contributed by atoms with E-state index in [1.807, 2.05) is 26.0 Å². The number of hydrogen-bond acceptors (Lipinski definition) is 7. The van der Waals surface area contributed by atoms with Crippen molar-refractivity contribution in [3.63, 3.8) is 0 Å². The van der Waals surface area contributed by atoms with Gasteiger partial charge in [0.25, 0.3) is 5.69 Å². The first-order valence-corrected chi connectivity index (χ1v) is 15.0. The number of piperidine rings is 1. The van der Waals surface area contributed by atoms with Gasteiger partial charge in [-0.3, -0.25) is 20.3 Å². The zero-order valence-electron chi connectivity index (χ0n) is 25.3. The van der Waals surface area contributed by atoms with E-state index in [0.717, 1.165) is 56.6 Å². The molecule has 0 saturated carbocycles. The number of alkyl halides is 3. The summed E-state index contributed by atoms with van der Waals surface area (Å²) in [5, 5.41) is 18.6. The van der Waals surface area contributed by atoms with Crippen LogP contribution in [-0.2, 0) is 4.79 Å². The van der Waals surface area contributed by atoms with E-state index in [1.54, 1.807) is 12.1 Å². The molecule has 0 radical (unpaired) electrons. The monoisotopic (exact) mass is 625 g/mol. The van der Waals surface area contributed by atoms with Crippen molar-refractivity contribution < 1.29 is 27.6 Å². The van der Waals surface area contributed by atoms with Crippen LogP contribution in [0.2, 0.25) is 0 Å². The minimum atomic E-state index is -4.77. The van der Waals surface area contributed by atoms with Gasteiger partial charge >= 0.3 is 6.36 Å². The zero-order chi connectivity index (χ0) is 32.4. The zero-order valence-corrected chi connectivity index (χ0v) is 25.3. The standard InChI is InChI=1S/C33H38F3N5O4/c1-23(2)32(42)37-28-7-5-6-26(22-28)24-17-20-40(21-18-24)19-4-3-8-31(25-9-13-29(14-10-25)41(43)44)39-38-27-11-15-30(16-12-27)45-33(34,35)36/h5-7,9-16,22-24,38H,3-4,8,17-21H2,1-2H3,(H,37,42)/b39-31-. The smallest absolute Gasteiger partial charge is 0.406 e.